The molecule has 3 aliphatic heterocycles. The summed E-state index contributed by atoms with van der Waals surface area (Å²) < 4.78 is 11.1. The number of aromatic nitrogens is 4. The molecule has 38 heavy (non-hydrogen) atoms. The van der Waals surface area contributed by atoms with E-state index in [0.29, 0.717) is 34.7 Å². The standard InChI is InChI=1S/C26H27N7O4S/c27-22-16-2-1-6-28-17(16)10-26(22)4-8-32(9-5-26)23-18(12-34)31-20(11-30-23)38-19-3-7-29-24-21(19)36-13-15-14-37-25(35)33(15)24/h1-3,6-7,11,15,22,34H,4-5,8-10,12-14,27H2/t15?,22-/m1/s1. The number of nitrogens with zero attached hydrogens (tertiary/aromatic N) is 6. The van der Waals surface area contributed by atoms with Crippen LogP contribution >= 0.6 is 11.8 Å². The zero-order chi connectivity index (χ0) is 25.9. The number of piperidine rings is 1. The fraction of sp³-hybridized carbons (Fsp3) is 0.423. The number of nitrogens with two attached hydrogens (primary N) is 1. The number of aliphatic hydroxyl groups is 1. The van der Waals surface area contributed by atoms with Crippen LogP contribution in [0.2, 0.25) is 0 Å². The summed E-state index contributed by atoms with van der Waals surface area (Å²) in [5.41, 5.74) is 9.52. The number of carbonyl (C=O) groups is 1. The third-order valence-corrected chi connectivity index (χ3v) is 9.07. The van der Waals surface area contributed by atoms with Crippen LogP contribution in [-0.2, 0) is 17.8 Å². The van der Waals surface area contributed by atoms with E-state index in [4.69, 9.17) is 25.2 Å². The van der Waals surface area contributed by atoms with E-state index in [2.05, 4.69) is 20.9 Å². The molecular formula is C26H27N7O4S. The third-order valence-electron chi connectivity index (χ3n) is 8.12. The Morgan fingerprint density at radius 3 is 2.76 bits per heavy atom. The van der Waals surface area contributed by atoms with E-state index in [1.54, 1.807) is 17.3 Å². The second-order valence-electron chi connectivity index (χ2n) is 10.2. The SMILES string of the molecule is N[C@@H]1c2cccnc2CC12CCN(c1ncc(Sc3ccnc4c3OCC3COC(=O)N43)nc1CO)CC2. The van der Waals surface area contributed by atoms with Gasteiger partial charge in [-0.05, 0) is 42.4 Å². The van der Waals surface area contributed by atoms with Gasteiger partial charge in [0.15, 0.2) is 17.4 Å². The van der Waals surface area contributed by atoms with Gasteiger partial charge in [0.1, 0.15) is 30.0 Å². The fourth-order valence-electron chi connectivity index (χ4n) is 6.07. The molecule has 3 N–H and O–H groups in total. The highest BCUT2D eigenvalue weighted by Crippen LogP contribution is 2.50. The molecule has 0 bridgehead atoms. The number of hydrogen-bond acceptors (Lipinski definition) is 11. The summed E-state index contributed by atoms with van der Waals surface area (Å²) in [5.74, 6) is 1.67. The fourth-order valence-corrected chi connectivity index (χ4v) is 6.93. The smallest absolute Gasteiger partial charge is 0.416 e. The zero-order valence-corrected chi connectivity index (χ0v) is 21.4. The third kappa shape index (κ3) is 3.69. The quantitative estimate of drug-likeness (QED) is 0.511. The summed E-state index contributed by atoms with van der Waals surface area (Å²) in [5, 5.41) is 10.8. The van der Waals surface area contributed by atoms with Crippen molar-refractivity contribution in [2.24, 2.45) is 11.1 Å². The number of carbonyl (C=O) groups excluding carboxylic acids is 1. The van der Waals surface area contributed by atoms with Crippen molar-refractivity contribution in [3.63, 3.8) is 0 Å². The molecule has 1 aliphatic carbocycles. The Bertz CT molecular complexity index is 1410. The summed E-state index contributed by atoms with van der Waals surface area (Å²) in [4.78, 5) is 35.1. The first-order valence-electron chi connectivity index (χ1n) is 12.7. The molecule has 6 heterocycles. The summed E-state index contributed by atoms with van der Waals surface area (Å²) in [6.45, 7) is 1.98. The molecule has 3 aromatic heterocycles. The van der Waals surface area contributed by atoms with Gasteiger partial charge in [0.25, 0.3) is 0 Å². The van der Waals surface area contributed by atoms with Gasteiger partial charge in [-0.15, -0.1) is 0 Å². The molecule has 2 fully saturated rings. The van der Waals surface area contributed by atoms with Crippen molar-refractivity contribution >= 4 is 29.5 Å². The van der Waals surface area contributed by atoms with Crippen LogP contribution in [-0.4, -0.2) is 63.5 Å². The van der Waals surface area contributed by atoms with Crippen LogP contribution < -0.4 is 20.3 Å². The van der Waals surface area contributed by atoms with E-state index in [1.165, 1.54) is 11.8 Å². The molecule has 4 aliphatic rings. The first-order valence-corrected chi connectivity index (χ1v) is 13.5. The van der Waals surface area contributed by atoms with E-state index in [9.17, 15) is 9.90 Å². The molecular weight excluding hydrogens is 506 g/mol. The number of cyclic esters (lactones) is 1. The van der Waals surface area contributed by atoms with Gasteiger partial charge in [-0.2, -0.15) is 0 Å². The zero-order valence-electron chi connectivity index (χ0n) is 20.6. The molecule has 12 heteroatoms. The van der Waals surface area contributed by atoms with Crippen molar-refractivity contribution in [3.05, 3.63) is 53.7 Å². The lowest BCUT2D eigenvalue weighted by Crippen LogP contribution is -2.45. The number of hydrogen-bond donors (Lipinski definition) is 2. The molecule has 0 aromatic carbocycles. The van der Waals surface area contributed by atoms with Gasteiger partial charge in [-0.25, -0.2) is 24.6 Å². The van der Waals surface area contributed by atoms with E-state index in [1.807, 2.05) is 18.3 Å². The average molecular weight is 534 g/mol. The summed E-state index contributed by atoms with van der Waals surface area (Å²) >= 11 is 1.36. The first kappa shape index (κ1) is 23.6. The normalized spacial score (nSPS) is 23.1. The van der Waals surface area contributed by atoms with E-state index < -0.39 is 6.09 Å². The highest BCUT2D eigenvalue weighted by Gasteiger charge is 2.47. The number of aliphatic hydroxyl groups excluding tert-OH is 1. The number of ether oxygens (including phenoxy) is 2. The van der Waals surface area contributed by atoms with Gasteiger partial charge >= 0.3 is 6.09 Å². The Kier molecular flexibility index (Phi) is 5.64. The van der Waals surface area contributed by atoms with Crippen molar-refractivity contribution in [1.29, 1.82) is 0 Å². The molecule has 1 spiro atoms. The minimum atomic E-state index is -0.414. The summed E-state index contributed by atoms with van der Waals surface area (Å²) in [7, 11) is 0. The van der Waals surface area contributed by atoms with Gasteiger partial charge in [0.2, 0.25) is 0 Å². The molecule has 2 saturated heterocycles. The predicted molar refractivity (Wildman–Crippen MR) is 138 cm³/mol. The second-order valence-corrected chi connectivity index (χ2v) is 11.2. The number of anilines is 2. The lowest BCUT2D eigenvalue weighted by atomic mass is 9.73. The maximum atomic E-state index is 12.2. The van der Waals surface area contributed by atoms with Crippen LogP contribution in [0.15, 0.2) is 46.7 Å². The van der Waals surface area contributed by atoms with Crippen LogP contribution in [0.4, 0.5) is 16.4 Å². The van der Waals surface area contributed by atoms with Gasteiger partial charge in [0, 0.05) is 37.2 Å². The Balaban J connectivity index is 1.09. The van der Waals surface area contributed by atoms with Gasteiger partial charge < -0.3 is 25.2 Å². The Hall–Kier alpha value is -3.48. The number of amides is 1. The largest absolute Gasteiger partial charge is 0.486 e. The number of rotatable bonds is 4. The highest BCUT2D eigenvalue weighted by molar-refractivity contribution is 7.99. The maximum absolute atomic E-state index is 12.2. The van der Waals surface area contributed by atoms with Crippen molar-refractivity contribution in [2.75, 3.05) is 36.1 Å². The van der Waals surface area contributed by atoms with Crippen molar-refractivity contribution in [2.45, 2.75) is 47.9 Å². The van der Waals surface area contributed by atoms with Gasteiger partial charge in [-0.3, -0.25) is 4.98 Å². The van der Waals surface area contributed by atoms with Gasteiger partial charge in [0.05, 0.1) is 17.7 Å². The molecule has 11 nitrogen and oxygen atoms in total. The first-order chi connectivity index (χ1) is 18.6. The molecule has 7 rings (SSSR count). The molecule has 2 atom stereocenters. The lowest BCUT2D eigenvalue weighted by Gasteiger charge is -2.42. The van der Waals surface area contributed by atoms with Gasteiger partial charge in [-0.1, -0.05) is 17.8 Å². The summed E-state index contributed by atoms with van der Waals surface area (Å²) in [6, 6.07) is 5.69. The molecule has 0 saturated carbocycles. The van der Waals surface area contributed by atoms with E-state index in [0.717, 1.165) is 48.5 Å². The molecule has 3 aromatic rings. The molecule has 196 valence electrons. The Labute approximate surface area is 223 Å². The molecule has 0 radical (unpaired) electrons. The Morgan fingerprint density at radius 2 is 1.95 bits per heavy atom. The summed E-state index contributed by atoms with van der Waals surface area (Å²) in [6.07, 6.45) is 7.53. The van der Waals surface area contributed by atoms with Crippen LogP contribution in [0, 0.1) is 5.41 Å². The average Bonchev–Trinajstić information content (AvgIpc) is 3.46. The minimum Gasteiger partial charge on any atom is -0.486 e. The van der Waals surface area contributed by atoms with Crippen LogP contribution in [0.1, 0.15) is 35.8 Å². The minimum absolute atomic E-state index is 0.0109. The van der Waals surface area contributed by atoms with E-state index in [-0.39, 0.29) is 30.7 Å². The number of fused-ring (bicyclic) bond motifs is 4. The number of pyridine rings is 2. The lowest BCUT2D eigenvalue weighted by molar-refractivity contribution is 0.176. The van der Waals surface area contributed by atoms with Crippen molar-refractivity contribution in [1.82, 2.24) is 19.9 Å². The van der Waals surface area contributed by atoms with E-state index >= 15 is 0 Å². The second kappa shape index (κ2) is 9.07. The maximum Gasteiger partial charge on any atom is 0.416 e. The van der Waals surface area contributed by atoms with Crippen LogP contribution in [0.25, 0.3) is 0 Å². The van der Waals surface area contributed by atoms with Crippen LogP contribution in [0.5, 0.6) is 5.75 Å². The van der Waals surface area contributed by atoms with Crippen molar-refractivity contribution in [3.8, 4) is 5.75 Å². The topological polar surface area (TPSA) is 140 Å². The monoisotopic (exact) mass is 533 g/mol. The highest BCUT2D eigenvalue weighted by atomic mass is 32.2. The molecule has 1 amide bonds. The predicted octanol–water partition coefficient (Wildman–Crippen LogP) is 2.47. The van der Waals surface area contributed by atoms with Crippen molar-refractivity contribution < 1.29 is 19.4 Å². The Morgan fingerprint density at radius 1 is 1.11 bits per heavy atom. The van der Waals surface area contributed by atoms with Crippen LogP contribution in [0.3, 0.4) is 0 Å². The molecule has 1 unspecified atom stereocenters.